The third-order valence-electron chi connectivity index (χ3n) is 4.18. The molecule has 1 fully saturated rings. The van der Waals surface area contributed by atoms with Crippen LogP contribution in [0, 0.1) is 10.8 Å². The van der Waals surface area contributed by atoms with Crippen LogP contribution in [-0.4, -0.2) is 43.7 Å². The molecule has 0 aromatic heterocycles. The monoisotopic (exact) mass is 256 g/mol. The molecule has 1 heterocycles. The van der Waals surface area contributed by atoms with E-state index in [1.54, 1.807) is 0 Å². The molecule has 0 aromatic rings. The van der Waals surface area contributed by atoms with Crippen LogP contribution in [-0.2, 0) is 9.53 Å². The van der Waals surface area contributed by atoms with Crippen LogP contribution in [0.3, 0.4) is 0 Å². The van der Waals surface area contributed by atoms with Gasteiger partial charge in [0.1, 0.15) is 0 Å². The van der Waals surface area contributed by atoms with Gasteiger partial charge in [-0.15, -0.1) is 0 Å². The summed E-state index contributed by atoms with van der Waals surface area (Å²) in [6, 6.07) is 0.280. The number of piperidine rings is 1. The first kappa shape index (κ1) is 15.4. The van der Waals surface area contributed by atoms with Gasteiger partial charge < -0.3 is 15.4 Å². The van der Waals surface area contributed by atoms with Gasteiger partial charge in [0, 0.05) is 12.6 Å². The summed E-state index contributed by atoms with van der Waals surface area (Å²) in [4.78, 5) is 14.0. The minimum atomic E-state index is -0.404. The number of hydrogen-bond donors (Lipinski definition) is 1. The number of esters is 1. The van der Waals surface area contributed by atoms with E-state index >= 15 is 0 Å². The van der Waals surface area contributed by atoms with E-state index in [0.717, 1.165) is 32.5 Å². The fourth-order valence-corrected chi connectivity index (χ4v) is 2.49. The second-order valence-corrected chi connectivity index (χ2v) is 6.79. The van der Waals surface area contributed by atoms with Crippen LogP contribution in [0.5, 0.6) is 0 Å². The fourth-order valence-electron chi connectivity index (χ4n) is 2.49. The van der Waals surface area contributed by atoms with Crippen molar-refractivity contribution in [2.45, 2.75) is 46.6 Å². The molecule has 0 saturated carbocycles. The quantitative estimate of drug-likeness (QED) is 0.777. The number of likely N-dealkylation sites (tertiary alicyclic amines) is 1. The van der Waals surface area contributed by atoms with E-state index in [0.29, 0.717) is 0 Å². The maximum Gasteiger partial charge on any atom is 0.311 e. The lowest BCUT2D eigenvalue weighted by atomic mass is 9.79. The molecule has 4 heteroatoms. The molecule has 1 rings (SSSR count). The van der Waals surface area contributed by atoms with E-state index in [9.17, 15) is 4.79 Å². The number of nitrogens with zero attached hydrogens (tertiary/aromatic N) is 1. The summed E-state index contributed by atoms with van der Waals surface area (Å²) < 4.78 is 4.84. The highest BCUT2D eigenvalue weighted by molar-refractivity contribution is 5.75. The van der Waals surface area contributed by atoms with Gasteiger partial charge in [-0.25, -0.2) is 0 Å². The van der Waals surface area contributed by atoms with Gasteiger partial charge in [-0.2, -0.15) is 0 Å². The van der Waals surface area contributed by atoms with Gasteiger partial charge in [0.15, 0.2) is 0 Å². The topological polar surface area (TPSA) is 55.6 Å². The van der Waals surface area contributed by atoms with Crippen LogP contribution < -0.4 is 5.73 Å². The third kappa shape index (κ3) is 3.69. The molecule has 18 heavy (non-hydrogen) atoms. The van der Waals surface area contributed by atoms with Gasteiger partial charge in [0.05, 0.1) is 12.5 Å². The zero-order valence-corrected chi connectivity index (χ0v) is 12.5. The van der Waals surface area contributed by atoms with Crippen LogP contribution in [0.15, 0.2) is 0 Å². The number of methoxy groups -OCH3 is 1. The average molecular weight is 256 g/mol. The highest BCUT2D eigenvalue weighted by Gasteiger charge is 2.35. The normalized spacial score (nSPS) is 24.9. The Labute approximate surface area is 111 Å². The van der Waals surface area contributed by atoms with Crippen molar-refractivity contribution in [2.24, 2.45) is 16.6 Å². The summed E-state index contributed by atoms with van der Waals surface area (Å²) in [6.07, 6.45) is 1.86. The molecule has 1 saturated heterocycles. The number of carbonyl (C=O) groups is 1. The lowest BCUT2D eigenvalue weighted by Crippen LogP contribution is -2.52. The molecule has 106 valence electrons. The SMILES string of the molecule is COC(=O)C(C)(C)CCN1CCC(N)C(C)(C)C1. The van der Waals surface area contributed by atoms with E-state index in [1.165, 1.54) is 7.11 Å². The Balaban J connectivity index is 2.48. The molecule has 0 radical (unpaired) electrons. The van der Waals surface area contributed by atoms with E-state index < -0.39 is 5.41 Å². The highest BCUT2D eigenvalue weighted by atomic mass is 16.5. The number of hydrogen-bond acceptors (Lipinski definition) is 4. The summed E-state index contributed by atoms with van der Waals surface area (Å²) in [5.74, 6) is -0.129. The minimum absolute atomic E-state index is 0.129. The van der Waals surface area contributed by atoms with E-state index in [1.807, 2.05) is 13.8 Å². The molecule has 0 aromatic carbocycles. The zero-order valence-electron chi connectivity index (χ0n) is 12.5. The predicted molar refractivity (Wildman–Crippen MR) is 73.2 cm³/mol. The summed E-state index contributed by atoms with van der Waals surface area (Å²) >= 11 is 0. The second-order valence-electron chi connectivity index (χ2n) is 6.79. The van der Waals surface area contributed by atoms with Gasteiger partial charge in [0.2, 0.25) is 0 Å². The van der Waals surface area contributed by atoms with Gasteiger partial charge in [-0.05, 0) is 45.2 Å². The Kier molecular flexibility index (Phi) is 4.78. The van der Waals surface area contributed by atoms with Crippen molar-refractivity contribution in [1.29, 1.82) is 0 Å². The summed E-state index contributed by atoms with van der Waals surface area (Å²) in [6.45, 7) is 11.3. The molecular weight excluding hydrogens is 228 g/mol. The minimum Gasteiger partial charge on any atom is -0.469 e. The van der Waals surface area contributed by atoms with Crippen molar-refractivity contribution in [2.75, 3.05) is 26.7 Å². The smallest absolute Gasteiger partial charge is 0.311 e. The zero-order chi connectivity index (χ0) is 14.0. The van der Waals surface area contributed by atoms with Crippen LogP contribution in [0.2, 0.25) is 0 Å². The number of nitrogens with two attached hydrogens (primary N) is 1. The van der Waals surface area contributed by atoms with E-state index in [4.69, 9.17) is 10.5 Å². The molecule has 1 aliphatic rings. The van der Waals surface area contributed by atoms with Gasteiger partial charge in [0.25, 0.3) is 0 Å². The first-order valence-electron chi connectivity index (χ1n) is 6.75. The molecule has 0 aliphatic carbocycles. The second kappa shape index (κ2) is 5.57. The Morgan fingerprint density at radius 2 is 2.11 bits per heavy atom. The predicted octanol–water partition coefficient (Wildman–Crippen LogP) is 1.63. The van der Waals surface area contributed by atoms with Crippen LogP contribution in [0.25, 0.3) is 0 Å². The number of rotatable bonds is 4. The molecule has 2 N–H and O–H groups in total. The standard InChI is InChI=1S/C14H28N2O2/c1-13(2,12(17)18-5)7-9-16-8-6-11(15)14(3,4)10-16/h11H,6-10,15H2,1-5H3. The summed E-state index contributed by atoms with van der Waals surface area (Å²) in [5, 5.41) is 0. The summed E-state index contributed by atoms with van der Waals surface area (Å²) in [7, 11) is 1.45. The third-order valence-corrected chi connectivity index (χ3v) is 4.18. The number of ether oxygens (including phenoxy) is 1. The molecule has 0 bridgehead atoms. The molecular formula is C14H28N2O2. The fraction of sp³-hybridized carbons (Fsp3) is 0.929. The van der Waals surface area contributed by atoms with Crippen molar-refractivity contribution in [1.82, 2.24) is 4.90 Å². The molecule has 0 amide bonds. The first-order chi connectivity index (χ1) is 8.19. The van der Waals surface area contributed by atoms with Crippen LogP contribution >= 0.6 is 0 Å². The van der Waals surface area contributed by atoms with E-state index in [-0.39, 0.29) is 17.4 Å². The highest BCUT2D eigenvalue weighted by Crippen LogP contribution is 2.29. The van der Waals surface area contributed by atoms with Crippen molar-refractivity contribution >= 4 is 5.97 Å². The molecule has 4 nitrogen and oxygen atoms in total. The number of carbonyl (C=O) groups excluding carboxylic acids is 1. The molecule has 1 aliphatic heterocycles. The Morgan fingerprint density at radius 1 is 1.50 bits per heavy atom. The Hall–Kier alpha value is -0.610. The maximum atomic E-state index is 11.6. The van der Waals surface area contributed by atoms with Crippen molar-refractivity contribution in [3.05, 3.63) is 0 Å². The Bertz CT molecular complexity index is 300. The van der Waals surface area contributed by atoms with Crippen molar-refractivity contribution in [3.8, 4) is 0 Å². The van der Waals surface area contributed by atoms with Gasteiger partial charge in [-0.1, -0.05) is 13.8 Å². The van der Waals surface area contributed by atoms with Gasteiger partial charge >= 0.3 is 5.97 Å². The maximum absolute atomic E-state index is 11.6. The van der Waals surface area contributed by atoms with Crippen molar-refractivity contribution < 1.29 is 9.53 Å². The van der Waals surface area contributed by atoms with Crippen LogP contribution in [0.1, 0.15) is 40.5 Å². The van der Waals surface area contributed by atoms with E-state index in [2.05, 4.69) is 18.7 Å². The van der Waals surface area contributed by atoms with Gasteiger partial charge in [-0.3, -0.25) is 4.79 Å². The largest absolute Gasteiger partial charge is 0.469 e. The molecule has 1 atom stereocenters. The molecule has 0 spiro atoms. The molecule has 1 unspecified atom stereocenters. The first-order valence-corrected chi connectivity index (χ1v) is 6.75. The average Bonchev–Trinajstić information content (AvgIpc) is 2.29. The Morgan fingerprint density at radius 3 is 2.61 bits per heavy atom. The summed E-state index contributed by atoms with van der Waals surface area (Å²) in [5.41, 5.74) is 5.88. The lowest BCUT2D eigenvalue weighted by molar-refractivity contribution is -0.151. The lowest BCUT2D eigenvalue weighted by Gasteiger charge is -2.43. The van der Waals surface area contributed by atoms with Crippen molar-refractivity contribution in [3.63, 3.8) is 0 Å². The van der Waals surface area contributed by atoms with Crippen LogP contribution in [0.4, 0.5) is 0 Å².